The van der Waals surface area contributed by atoms with E-state index < -0.39 is 18.5 Å². The lowest BCUT2D eigenvalue weighted by Gasteiger charge is -2.09. The quantitative estimate of drug-likeness (QED) is 0.686. The Bertz CT molecular complexity index is 1010. The molecule has 10 heteroatoms. The Morgan fingerprint density at radius 3 is 2.28 bits per heavy atom. The zero-order valence-electron chi connectivity index (χ0n) is 15.9. The summed E-state index contributed by atoms with van der Waals surface area (Å²) in [6.45, 7) is 5.84. The van der Waals surface area contributed by atoms with E-state index in [9.17, 15) is 18.0 Å². The molecule has 29 heavy (non-hydrogen) atoms. The molecule has 3 aromatic rings. The smallest absolute Gasteiger partial charge is 0.397 e. The van der Waals surface area contributed by atoms with Crippen molar-refractivity contribution >= 4 is 11.6 Å². The van der Waals surface area contributed by atoms with Gasteiger partial charge in [0, 0.05) is 17.4 Å². The SMILES string of the molecule is Cc1nn(-c2ccc(Oc3ccc(NC(=O)CC(F)(F)F)cc3)nn2)c(C)c1C. The molecule has 7 nitrogen and oxygen atoms in total. The number of aromatic nitrogens is 4. The lowest BCUT2D eigenvalue weighted by molar-refractivity contribution is -0.150. The molecule has 0 fully saturated rings. The molecule has 0 saturated carbocycles. The topological polar surface area (TPSA) is 81.9 Å². The fourth-order valence-electron chi connectivity index (χ4n) is 2.54. The van der Waals surface area contributed by atoms with E-state index in [2.05, 4.69) is 20.6 Å². The molecule has 0 aliphatic heterocycles. The number of anilines is 1. The van der Waals surface area contributed by atoms with Crippen LogP contribution in [0.2, 0.25) is 0 Å². The highest BCUT2D eigenvalue weighted by molar-refractivity contribution is 5.91. The number of carbonyl (C=O) groups excluding carboxylic acids is 1. The van der Waals surface area contributed by atoms with Crippen molar-refractivity contribution in [3.05, 3.63) is 53.3 Å². The average molecular weight is 405 g/mol. The predicted octanol–water partition coefficient (Wildman–Crippen LogP) is 4.27. The fourth-order valence-corrected chi connectivity index (χ4v) is 2.54. The summed E-state index contributed by atoms with van der Waals surface area (Å²) in [6, 6.07) is 9.22. The number of rotatable bonds is 5. The minimum atomic E-state index is -4.55. The molecule has 152 valence electrons. The van der Waals surface area contributed by atoms with Crippen LogP contribution in [0.4, 0.5) is 18.9 Å². The average Bonchev–Trinajstić information content (AvgIpc) is 2.90. The van der Waals surface area contributed by atoms with Gasteiger partial charge in [0.2, 0.25) is 11.8 Å². The largest absolute Gasteiger partial charge is 0.438 e. The van der Waals surface area contributed by atoms with Gasteiger partial charge in [-0.3, -0.25) is 4.79 Å². The minimum absolute atomic E-state index is 0.230. The number of carbonyl (C=O) groups is 1. The molecule has 1 aromatic carbocycles. The van der Waals surface area contributed by atoms with Gasteiger partial charge in [-0.15, -0.1) is 10.2 Å². The predicted molar refractivity (Wildman–Crippen MR) is 99.2 cm³/mol. The van der Waals surface area contributed by atoms with Crippen molar-refractivity contribution in [1.29, 1.82) is 0 Å². The summed E-state index contributed by atoms with van der Waals surface area (Å²) >= 11 is 0. The Kier molecular flexibility index (Phi) is 5.53. The summed E-state index contributed by atoms with van der Waals surface area (Å²) in [6.07, 6.45) is -6.09. The number of nitrogens with one attached hydrogen (secondary N) is 1. The van der Waals surface area contributed by atoms with Gasteiger partial charge < -0.3 is 10.1 Å². The maximum atomic E-state index is 12.2. The Morgan fingerprint density at radius 1 is 1.07 bits per heavy atom. The van der Waals surface area contributed by atoms with Gasteiger partial charge in [-0.25, -0.2) is 4.68 Å². The molecule has 0 aliphatic rings. The molecular weight excluding hydrogens is 387 g/mol. The molecule has 0 unspecified atom stereocenters. The third-order valence-corrected chi connectivity index (χ3v) is 4.22. The summed E-state index contributed by atoms with van der Waals surface area (Å²) < 4.78 is 43.9. The zero-order valence-corrected chi connectivity index (χ0v) is 15.9. The van der Waals surface area contributed by atoms with Crippen molar-refractivity contribution in [2.75, 3.05) is 5.32 Å². The summed E-state index contributed by atoms with van der Waals surface area (Å²) in [5.74, 6) is 0.0458. The number of halogens is 3. The highest BCUT2D eigenvalue weighted by Gasteiger charge is 2.31. The Morgan fingerprint density at radius 2 is 1.76 bits per heavy atom. The van der Waals surface area contributed by atoms with E-state index >= 15 is 0 Å². The van der Waals surface area contributed by atoms with Crippen molar-refractivity contribution in [2.24, 2.45) is 0 Å². The first-order valence-corrected chi connectivity index (χ1v) is 8.64. The van der Waals surface area contributed by atoms with Crippen LogP contribution in [-0.4, -0.2) is 32.1 Å². The first-order valence-electron chi connectivity index (χ1n) is 8.64. The summed E-state index contributed by atoms with van der Waals surface area (Å²) in [7, 11) is 0. The second kappa shape index (κ2) is 7.90. The van der Waals surface area contributed by atoms with E-state index in [0.717, 1.165) is 17.0 Å². The minimum Gasteiger partial charge on any atom is -0.438 e. The van der Waals surface area contributed by atoms with Crippen LogP contribution >= 0.6 is 0 Å². The van der Waals surface area contributed by atoms with Crippen LogP contribution in [0.25, 0.3) is 5.82 Å². The van der Waals surface area contributed by atoms with Gasteiger partial charge in [0.25, 0.3) is 0 Å². The van der Waals surface area contributed by atoms with Crippen molar-refractivity contribution in [2.45, 2.75) is 33.4 Å². The third kappa shape index (κ3) is 5.09. The summed E-state index contributed by atoms with van der Waals surface area (Å²) in [4.78, 5) is 11.3. The Labute approximate surface area is 164 Å². The van der Waals surface area contributed by atoms with Gasteiger partial charge in [0.15, 0.2) is 5.82 Å². The standard InChI is InChI=1S/C19H18F3N5O2/c1-11-12(2)26-27(13(11)3)16-8-9-18(25-24-16)29-15-6-4-14(5-7-15)23-17(28)10-19(20,21)22/h4-9H,10H2,1-3H3,(H,23,28). The van der Waals surface area contributed by atoms with Crippen LogP contribution in [0.1, 0.15) is 23.4 Å². The first kappa shape index (κ1) is 20.3. The molecule has 0 saturated heterocycles. The van der Waals surface area contributed by atoms with Crippen LogP contribution in [0.5, 0.6) is 11.6 Å². The molecule has 1 N–H and O–H groups in total. The molecule has 1 amide bonds. The second-order valence-corrected chi connectivity index (χ2v) is 6.40. The number of nitrogens with zero attached hydrogens (tertiary/aromatic N) is 4. The van der Waals surface area contributed by atoms with Crippen molar-refractivity contribution < 1.29 is 22.7 Å². The van der Waals surface area contributed by atoms with Crippen LogP contribution in [-0.2, 0) is 4.79 Å². The third-order valence-electron chi connectivity index (χ3n) is 4.22. The van der Waals surface area contributed by atoms with Crippen molar-refractivity contribution in [1.82, 2.24) is 20.0 Å². The summed E-state index contributed by atoms with van der Waals surface area (Å²) in [5.41, 5.74) is 3.18. The molecule has 0 spiro atoms. The molecule has 0 bridgehead atoms. The highest BCUT2D eigenvalue weighted by atomic mass is 19.4. The van der Waals surface area contributed by atoms with E-state index in [4.69, 9.17) is 4.74 Å². The van der Waals surface area contributed by atoms with E-state index in [1.54, 1.807) is 16.8 Å². The van der Waals surface area contributed by atoms with Crippen LogP contribution in [0.3, 0.4) is 0 Å². The number of hydrogen-bond donors (Lipinski definition) is 1. The number of benzene rings is 1. The number of amides is 1. The van der Waals surface area contributed by atoms with E-state index in [-0.39, 0.29) is 11.6 Å². The van der Waals surface area contributed by atoms with E-state index in [1.165, 1.54) is 24.3 Å². The lowest BCUT2D eigenvalue weighted by atomic mass is 10.2. The molecule has 3 rings (SSSR count). The van der Waals surface area contributed by atoms with Gasteiger partial charge in [-0.2, -0.15) is 18.3 Å². The monoisotopic (exact) mass is 405 g/mol. The van der Waals surface area contributed by atoms with Crippen molar-refractivity contribution in [3.63, 3.8) is 0 Å². The lowest BCUT2D eigenvalue weighted by Crippen LogP contribution is -2.21. The fraction of sp³-hybridized carbons (Fsp3) is 0.263. The van der Waals surface area contributed by atoms with E-state index in [1.807, 2.05) is 20.8 Å². The van der Waals surface area contributed by atoms with Crippen LogP contribution in [0, 0.1) is 20.8 Å². The van der Waals surface area contributed by atoms with Gasteiger partial charge in [0.1, 0.15) is 12.2 Å². The number of alkyl halides is 3. The van der Waals surface area contributed by atoms with Crippen LogP contribution in [0.15, 0.2) is 36.4 Å². The maximum Gasteiger partial charge on any atom is 0.397 e. The molecule has 2 aromatic heterocycles. The highest BCUT2D eigenvalue weighted by Crippen LogP contribution is 2.24. The molecule has 0 atom stereocenters. The number of hydrogen-bond acceptors (Lipinski definition) is 5. The maximum absolute atomic E-state index is 12.2. The molecular formula is C19H18F3N5O2. The number of aryl methyl sites for hydroxylation is 1. The molecule has 0 radical (unpaired) electrons. The molecule has 2 heterocycles. The Balaban J connectivity index is 1.64. The molecule has 0 aliphatic carbocycles. The first-order chi connectivity index (χ1) is 13.6. The van der Waals surface area contributed by atoms with Gasteiger partial charge >= 0.3 is 6.18 Å². The van der Waals surface area contributed by atoms with Gasteiger partial charge in [0.05, 0.1) is 5.69 Å². The summed E-state index contributed by atoms with van der Waals surface area (Å²) in [5, 5.41) is 14.7. The van der Waals surface area contributed by atoms with Gasteiger partial charge in [-0.1, -0.05) is 0 Å². The zero-order chi connectivity index (χ0) is 21.2. The number of ether oxygens (including phenoxy) is 1. The second-order valence-electron chi connectivity index (χ2n) is 6.40. The normalized spacial score (nSPS) is 11.4. The van der Waals surface area contributed by atoms with Crippen LogP contribution < -0.4 is 10.1 Å². The van der Waals surface area contributed by atoms with Crippen molar-refractivity contribution in [3.8, 4) is 17.4 Å². The van der Waals surface area contributed by atoms with E-state index in [0.29, 0.717) is 11.6 Å². The van der Waals surface area contributed by atoms with Gasteiger partial charge in [-0.05, 0) is 56.7 Å². The Hall–Kier alpha value is -3.43.